The average molecular weight is 389 g/mol. The third-order valence-electron chi connectivity index (χ3n) is 4.20. The molecular weight excluding hydrogens is 374 g/mol. The Labute approximate surface area is 174 Å². The van der Waals surface area contributed by atoms with Crippen LogP contribution in [0, 0.1) is 24.4 Å². The Morgan fingerprint density at radius 3 is 1.83 bits per heavy atom. The van der Waals surface area contributed by atoms with Crippen LogP contribution in [0.25, 0.3) is 34.2 Å². The van der Waals surface area contributed by atoms with Gasteiger partial charge in [0.15, 0.2) is 17.5 Å². The van der Waals surface area contributed by atoms with Crippen molar-refractivity contribution in [2.45, 2.75) is 0 Å². The molecule has 30 heavy (non-hydrogen) atoms. The van der Waals surface area contributed by atoms with Crippen molar-refractivity contribution in [2.24, 2.45) is 0 Å². The van der Waals surface area contributed by atoms with E-state index in [2.05, 4.69) is 32.9 Å². The van der Waals surface area contributed by atoms with Gasteiger partial charge >= 0.3 is 0 Å². The predicted molar refractivity (Wildman–Crippen MR) is 115 cm³/mol. The van der Waals surface area contributed by atoms with Crippen LogP contribution in [0.15, 0.2) is 78.9 Å². The molecule has 142 valence electrons. The summed E-state index contributed by atoms with van der Waals surface area (Å²) in [5, 5.41) is 10.6. The summed E-state index contributed by atoms with van der Waals surface area (Å²) < 4.78 is 5.19. The fourth-order valence-corrected chi connectivity index (χ4v) is 2.81. The fourth-order valence-electron chi connectivity index (χ4n) is 2.81. The summed E-state index contributed by atoms with van der Waals surface area (Å²) in [6.07, 6.45) is 7.43. The smallest absolute Gasteiger partial charge is 0.167 e. The summed E-state index contributed by atoms with van der Waals surface area (Å²) in [5.74, 6) is 6.21. The molecule has 0 amide bonds. The number of aromatic hydroxyl groups is 1. The van der Waals surface area contributed by atoms with Gasteiger partial charge in [-0.05, 0) is 18.1 Å². The highest BCUT2D eigenvalue weighted by molar-refractivity contribution is 5.70. The lowest BCUT2D eigenvalue weighted by Crippen LogP contribution is -2.00. The molecule has 3 aromatic carbocycles. The number of phenols is 1. The Bertz CT molecular complexity index is 1230. The fraction of sp³-hybridized carbons (Fsp3) is 0. The Kier molecular flexibility index (Phi) is 5.37. The van der Waals surface area contributed by atoms with Crippen LogP contribution in [0.4, 0.5) is 0 Å². The van der Waals surface area contributed by atoms with Crippen LogP contribution < -0.4 is 4.74 Å². The number of rotatable bonds is 4. The first-order chi connectivity index (χ1) is 14.7. The van der Waals surface area contributed by atoms with Crippen molar-refractivity contribution in [2.75, 3.05) is 0 Å². The van der Waals surface area contributed by atoms with E-state index in [0.717, 1.165) is 11.1 Å². The molecule has 4 aromatic rings. The summed E-state index contributed by atoms with van der Waals surface area (Å²) in [7, 11) is 0. The maximum Gasteiger partial charge on any atom is 0.167 e. The molecule has 0 aliphatic heterocycles. The van der Waals surface area contributed by atoms with Gasteiger partial charge in [-0.15, -0.1) is 6.42 Å². The van der Waals surface area contributed by atoms with Gasteiger partial charge in [-0.25, -0.2) is 15.0 Å². The molecule has 5 heteroatoms. The molecule has 0 unspecified atom stereocenters. The number of hydrogen-bond donors (Lipinski definition) is 1. The number of ether oxygens (including phenoxy) is 1. The summed E-state index contributed by atoms with van der Waals surface area (Å²) in [6.45, 7) is 0. The van der Waals surface area contributed by atoms with E-state index in [1.165, 1.54) is 6.07 Å². The van der Waals surface area contributed by atoms with Crippen LogP contribution in [0.3, 0.4) is 0 Å². The van der Waals surface area contributed by atoms with Crippen molar-refractivity contribution in [3.63, 3.8) is 0 Å². The average Bonchev–Trinajstić information content (AvgIpc) is 2.80. The first-order valence-corrected chi connectivity index (χ1v) is 9.07. The van der Waals surface area contributed by atoms with Gasteiger partial charge in [0.2, 0.25) is 0 Å². The van der Waals surface area contributed by atoms with Crippen LogP contribution in [0.1, 0.15) is 0 Å². The number of aromatic nitrogens is 3. The first kappa shape index (κ1) is 18.7. The number of benzene rings is 3. The van der Waals surface area contributed by atoms with Gasteiger partial charge in [0.1, 0.15) is 17.6 Å². The van der Waals surface area contributed by atoms with E-state index >= 15 is 0 Å². The SMILES string of the molecule is C#CC#COc1ccc(-c2nc(-c3ccccc3)nc(-c3ccccc3)n2)c(O)c1. The van der Waals surface area contributed by atoms with E-state index in [4.69, 9.17) is 11.2 Å². The lowest BCUT2D eigenvalue weighted by molar-refractivity contribution is 0.466. The molecule has 1 heterocycles. The van der Waals surface area contributed by atoms with Crippen molar-refractivity contribution in [1.29, 1.82) is 0 Å². The Morgan fingerprint density at radius 2 is 1.30 bits per heavy atom. The monoisotopic (exact) mass is 389 g/mol. The summed E-state index contributed by atoms with van der Waals surface area (Å²) in [4.78, 5) is 13.8. The molecular formula is C25H15N3O2. The van der Waals surface area contributed by atoms with Gasteiger partial charge in [-0.2, -0.15) is 0 Å². The largest absolute Gasteiger partial charge is 0.507 e. The van der Waals surface area contributed by atoms with E-state index in [-0.39, 0.29) is 5.75 Å². The van der Waals surface area contributed by atoms with Crippen molar-refractivity contribution in [3.8, 4) is 70.0 Å². The van der Waals surface area contributed by atoms with E-state index in [1.807, 2.05) is 60.7 Å². The topological polar surface area (TPSA) is 68.1 Å². The summed E-state index contributed by atoms with van der Waals surface area (Å²) in [6, 6.07) is 24.0. The molecule has 0 atom stereocenters. The Morgan fingerprint density at radius 1 is 0.733 bits per heavy atom. The lowest BCUT2D eigenvalue weighted by Gasteiger charge is -2.09. The first-order valence-electron chi connectivity index (χ1n) is 9.07. The van der Waals surface area contributed by atoms with Gasteiger partial charge in [0, 0.05) is 23.1 Å². The van der Waals surface area contributed by atoms with Gasteiger partial charge in [0.25, 0.3) is 0 Å². The van der Waals surface area contributed by atoms with Gasteiger partial charge < -0.3 is 9.84 Å². The second-order valence-electron chi connectivity index (χ2n) is 6.19. The van der Waals surface area contributed by atoms with Crippen LogP contribution in [0.5, 0.6) is 11.5 Å². The zero-order valence-electron chi connectivity index (χ0n) is 15.8. The molecule has 0 saturated heterocycles. The van der Waals surface area contributed by atoms with Gasteiger partial charge in [-0.1, -0.05) is 60.7 Å². The number of hydrogen-bond acceptors (Lipinski definition) is 5. The molecule has 1 aromatic heterocycles. The van der Waals surface area contributed by atoms with E-state index in [0.29, 0.717) is 28.8 Å². The molecule has 5 nitrogen and oxygen atoms in total. The quantitative estimate of drug-likeness (QED) is 0.519. The van der Waals surface area contributed by atoms with Crippen molar-refractivity contribution >= 4 is 0 Å². The molecule has 0 saturated carbocycles. The van der Waals surface area contributed by atoms with Crippen molar-refractivity contribution in [3.05, 3.63) is 78.9 Å². The highest BCUT2D eigenvalue weighted by atomic mass is 16.5. The highest BCUT2D eigenvalue weighted by Crippen LogP contribution is 2.32. The molecule has 1 N–H and O–H groups in total. The minimum atomic E-state index is -0.0424. The standard InChI is InChI=1S/C25H15N3O2/c1-2-3-16-30-20-14-15-21(22(29)17-20)25-27-23(18-10-6-4-7-11-18)26-24(28-25)19-12-8-5-9-13-19/h1,4-15,17,29H. The van der Waals surface area contributed by atoms with Crippen LogP contribution >= 0.6 is 0 Å². The molecule has 0 aliphatic carbocycles. The molecule has 0 bridgehead atoms. The maximum atomic E-state index is 10.6. The minimum Gasteiger partial charge on any atom is -0.507 e. The summed E-state index contributed by atoms with van der Waals surface area (Å²) in [5.41, 5.74) is 2.15. The Hall–Kier alpha value is -4.61. The van der Waals surface area contributed by atoms with Crippen LogP contribution in [0.2, 0.25) is 0 Å². The zero-order chi connectivity index (χ0) is 20.8. The van der Waals surface area contributed by atoms with Crippen LogP contribution in [-0.2, 0) is 0 Å². The maximum absolute atomic E-state index is 10.6. The number of nitrogens with zero attached hydrogens (tertiary/aromatic N) is 3. The Balaban J connectivity index is 1.82. The normalized spacial score (nSPS) is 9.83. The molecule has 0 aliphatic rings. The lowest BCUT2D eigenvalue weighted by atomic mass is 10.1. The van der Waals surface area contributed by atoms with Crippen molar-refractivity contribution < 1.29 is 9.84 Å². The van der Waals surface area contributed by atoms with E-state index in [9.17, 15) is 5.11 Å². The second-order valence-corrected chi connectivity index (χ2v) is 6.19. The zero-order valence-corrected chi connectivity index (χ0v) is 15.8. The molecule has 0 spiro atoms. The van der Waals surface area contributed by atoms with E-state index in [1.54, 1.807) is 12.1 Å². The third-order valence-corrected chi connectivity index (χ3v) is 4.20. The predicted octanol–water partition coefficient (Wildman–Crippen LogP) is 4.55. The highest BCUT2D eigenvalue weighted by Gasteiger charge is 2.15. The van der Waals surface area contributed by atoms with Gasteiger partial charge in [-0.3, -0.25) is 0 Å². The van der Waals surface area contributed by atoms with Crippen molar-refractivity contribution in [1.82, 2.24) is 15.0 Å². The summed E-state index contributed by atoms with van der Waals surface area (Å²) >= 11 is 0. The molecule has 4 rings (SSSR count). The number of terminal acetylenes is 1. The number of phenolic OH excluding ortho intramolecular Hbond substituents is 1. The van der Waals surface area contributed by atoms with Crippen LogP contribution in [-0.4, -0.2) is 20.1 Å². The molecule has 0 radical (unpaired) electrons. The second kappa shape index (κ2) is 8.60. The van der Waals surface area contributed by atoms with Gasteiger partial charge in [0.05, 0.1) is 5.56 Å². The molecule has 0 fully saturated rings. The van der Waals surface area contributed by atoms with E-state index < -0.39 is 0 Å². The minimum absolute atomic E-state index is 0.0424. The third kappa shape index (κ3) is 4.11.